The van der Waals surface area contributed by atoms with Gasteiger partial charge in [-0.3, -0.25) is 14.5 Å². The quantitative estimate of drug-likeness (QED) is 0.599. The Bertz CT molecular complexity index is 923. The first-order chi connectivity index (χ1) is 12.5. The third kappa shape index (κ3) is 3.73. The number of hydrogen-bond acceptors (Lipinski definition) is 5. The molecule has 134 valence electrons. The first kappa shape index (κ1) is 18.4. The number of amides is 1. The van der Waals surface area contributed by atoms with E-state index in [0.717, 1.165) is 22.1 Å². The molecule has 0 spiro atoms. The van der Waals surface area contributed by atoms with E-state index in [1.807, 2.05) is 42.5 Å². The van der Waals surface area contributed by atoms with E-state index in [9.17, 15) is 9.59 Å². The van der Waals surface area contributed by atoms with Gasteiger partial charge < -0.3 is 9.84 Å². The summed E-state index contributed by atoms with van der Waals surface area (Å²) in [5.74, 6) is -0.278. The number of ether oxygens (including phenoxy) is 1. The van der Waals surface area contributed by atoms with Crippen LogP contribution in [-0.4, -0.2) is 39.9 Å². The Morgan fingerprint density at radius 3 is 2.69 bits per heavy atom. The lowest BCUT2D eigenvalue weighted by atomic mass is 10.0. The predicted octanol–water partition coefficient (Wildman–Crippen LogP) is 3.91. The summed E-state index contributed by atoms with van der Waals surface area (Å²) in [7, 11) is 1.63. The van der Waals surface area contributed by atoms with Gasteiger partial charge in [-0.05, 0) is 29.5 Å². The van der Waals surface area contributed by atoms with Crippen LogP contribution in [0.15, 0.2) is 41.3 Å². The average Bonchev–Trinajstić information content (AvgIpc) is 2.89. The van der Waals surface area contributed by atoms with Crippen molar-refractivity contribution in [2.45, 2.75) is 12.8 Å². The molecule has 1 aliphatic heterocycles. The van der Waals surface area contributed by atoms with E-state index in [-0.39, 0.29) is 12.3 Å². The second-order valence-electron chi connectivity index (χ2n) is 5.73. The normalized spacial score (nSPS) is 15.9. The highest BCUT2D eigenvalue weighted by molar-refractivity contribution is 8.26. The van der Waals surface area contributed by atoms with Crippen LogP contribution >= 0.6 is 24.0 Å². The number of thiocarbonyl (C=S) groups is 1. The number of benzene rings is 2. The zero-order chi connectivity index (χ0) is 18.7. The number of carbonyl (C=O) groups excluding carboxylic acids is 1. The summed E-state index contributed by atoms with van der Waals surface area (Å²) in [4.78, 5) is 25.3. The number of carboxylic acid groups (broad SMARTS) is 1. The zero-order valence-electron chi connectivity index (χ0n) is 14.1. The van der Waals surface area contributed by atoms with Crippen molar-refractivity contribution in [2.75, 3.05) is 13.7 Å². The molecule has 1 N–H and O–H groups in total. The van der Waals surface area contributed by atoms with Crippen LogP contribution in [-0.2, 0) is 9.59 Å². The van der Waals surface area contributed by atoms with Crippen molar-refractivity contribution in [3.63, 3.8) is 0 Å². The largest absolute Gasteiger partial charge is 0.496 e. The summed E-state index contributed by atoms with van der Waals surface area (Å²) < 4.78 is 5.86. The van der Waals surface area contributed by atoms with Gasteiger partial charge >= 0.3 is 5.97 Å². The van der Waals surface area contributed by atoms with Crippen molar-refractivity contribution in [1.29, 1.82) is 0 Å². The van der Waals surface area contributed by atoms with E-state index in [1.54, 1.807) is 7.11 Å². The summed E-state index contributed by atoms with van der Waals surface area (Å²) in [5, 5.41) is 10.7. The molecule has 0 aliphatic carbocycles. The number of hydrogen-bond donors (Lipinski definition) is 1. The number of thioether (sulfide) groups is 1. The van der Waals surface area contributed by atoms with Crippen LogP contribution in [0.4, 0.5) is 0 Å². The molecule has 5 nitrogen and oxygen atoms in total. The molecule has 0 atom stereocenters. The molecule has 0 radical (unpaired) electrons. The van der Waals surface area contributed by atoms with Gasteiger partial charge in [-0.25, -0.2) is 0 Å². The van der Waals surface area contributed by atoms with E-state index in [0.29, 0.717) is 22.2 Å². The van der Waals surface area contributed by atoms with Gasteiger partial charge in [0.2, 0.25) is 0 Å². The van der Waals surface area contributed by atoms with Crippen molar-refractivity contribution in [2.24, 2.45) is 0 Å². The Morgan fingerprint density at radius 1 is 1.27 bits per heavy atom. The molecule has 2 aromatic rings. The first-order valence-electron chi connectivity index (χ1n) is 8.04. The molecule has 1 heterocycles. The minimum atomic E-state index is -0.879. The van der Waals surface area contributed by atoms with E-state index in [2.05, 4.69) is 0 Å². The number of nitrogens with zero attached hydrogens (tertiary/aromatic N) is 1. The van der Waals surface area contributed by atoms with Gasteiger partial charge in [0.15, 0.2) is 0 Å². The van der Waals surface area contributed by atoms with Crippen LogP contribution in [0.3, 0.4) is 0 Å². The fourth-order valence-corrected chi connectivity index (χ4v) is 4.12. The Labute approximate surface area is 160 Å². The van der Waals surface area contributed by atoms with Gasteiger partial charge in [0, 0.05) is 18.4 Å². The summed E-state index contributed by atoms with van der Waals surface area (Å²) in [5.41, 5.74) is 0.910. The lowest BCUT2D eigenvalue weighted by Crippen LogP contribution is -2.29. The summed E-state index contributed by atoms with van der Waals surface area (Å²) in [6, 6.07) is 11.6. The maximum atomic E-state index is 12.6. The minimum absolute atomic E-state index is 0.0131. The molecule has 0 saturated carbocycles. The summed E-state index contributed by atoms with van der Waals surface area (Å²) >= 11 is 6.53. The highest BCUT2D eigenvalue weighted by atomic mass is 32.2. The van der Waals surface area contributed by atoms with Gasteiger partial charge in [0.1, 0.15) is 10.1 Å². The predicted molar refractivity (Wildman–Crippen MR) is 107 cm³/mol. The topological polar surface area (TPSA) is 66.8 Å². The van der Waals surface area contributed by atoms with E-state index in [4.69, 9.17) is 22.1 Å². The Balaban J connectivity index is 1.89. The molecule has 2 aromatic carbocycles. The number of methoxy groups -OCH3 is 1. The van der Waals surface area contributed by atoms with E-state index < -0.39 is 5.97 Å². The van der Waals surface area contributed by atoms with Gasteiger partial charge in [-0.2, -0.15) is 0 Å². The fourth-order valence-electron chi connectivity index (χ4n) is 2.82. The van der Waals surface area contributed by atoms with Crippen molar-refractivity contribution < 1.29 is 19.4 Å². The van der Waals surface area contributed by atoms with Crippen LogP contribution in [0, 0.1) is 0 Å². The Kier molecular flexibility index (Phi) is 5.58. The van der Waals surface area contributed by atoms with Gasteiger partial charge in [-0.1, -0.05) is 54.3 Å². The average molecular weight is 387 g/mol. The molecule has 0 unspecified atom stereocenters. The smallest absolute Gasteiger partial charge is 0.303 e. The van der Waals surface area contributed by atoms with E-state index >= 15 is 0 Å². The maximum absolute atomic E-state index is 12.6. The monoisotopic (exact) mass is 387 g/mol. The molecule has 1 saturated heterocycles. The third-order valence-electron chi connectivity index (χ3n) is 4.07. The number of carbonyl (C=O) groups is 2. The SMILES string of the molecule is COc1ccc(/C=C2\SC(=S)N(CCCC(=O)O)C2=O)c2ccccc12. The van der Waals surface area contributed by atoms with Gasteiger partial charge in [0.05, 0.1) is 12.0 Å². The first-order valence-corrected chi connectivity index (χ1v) is 9.26. The lowest BCUT2D eigenvalue weighted by Gasteiger charge is -2.13. The van der Waals surface area contributed by atoms with Crippen molar-refractivity contribution in [3.05, 3.63) is 46.9 Å². The van der Waals surface area contributed by atoms with Crippen LogP contribution in [0.5, 0.6) is 5.75 Å². The summed E-state index contributed by atoms with van der Waals surface area (Å²) in [6.45, 7) is 0.317. The second-order valence-corrected chi connectivity index (χ2v) is 7.41. The highest BCUT2D eigenvalue weighted by Gasteiger charge is 2.31. The van der Waals surface area contributed by atoms with Crippen LogP contribution < -0.4 is 4.74 Å². The van der Waals surface area contributed by atoms with Crippen LogP contribution in [0.1, 0.15) is 18.4 Å². The molecule has 1 fully saturated rings. The van der Waals surface area contributed by atoms with Crippen molar-refractivity contribution in [3.8, 4) is 5.75 Å². The molecule has 3 rings (SSSR count). The lowest BCUT2D eigenvalue weighted by molar-refractivity contribution is -0.137. The molecule has 7 heteroatoms. The highest BCUT2D eigenvalue weighted by Crippen LogP contribution is 2.35. The number of carboxylic acids is 1. The number of aliphatic carboxylic acids is 1. The zero-order valence-corrected chi connectivity index (χ0v) is 15.7. The van der Waals surface area contributed by atoms with Gasteiger partial charge in [0.25, 0.3) is 5.91 Å². The number of rotatable bonds is 6. The van der Waals surface area contributed by atoms with Crippen molar-refractivity contribution in [1.82, 2.24) is 4.90 Å². The molecule has 26 heavy (non-hydrogen) atoms. The maximum Gasteiger partial charge on any atom is 0.303 e. The molecule has 1 aliphatic rings. The van der Waals surface area contributed by atoms with Crippen LogP contribution in [0.2, 0.25) is 0 Å². The third-order valence-corrected chi connectivity index (χ3v) is 5.45. The Hall–Kier alpha value is -2.38. The standard InChI is InChI=1S/C19H17NO4S2/c1-24-15-9-8-12(13-5-2-3-6-14(13)15)11-16-18(23)20(19(25)26-16)10-4-7-17(21)22/h2-3,5-6,8-9,11H,4,7,10H2,1H3,(H,21,22)/b16-11-. The van der Waals surface area contributed by atoms with E-state index in [1.165, 1.54) is 16.7 Å². The minimum Gasteiger partial charge on any atom is -0.496 e. The second kappa shape index (κ2) is 7.88. The summed E-state index contributed by atoms with van der Waals surface area (Å²) in [6.07, 6.45) is 2.22. The fraction of sp³-hybridized carbons (Fsp3) is 0.211. The molecule has 0 aromatic heterocycles. The van der Waals surface area contributed by atoms with Crippen molar-refractivity contribution >= 4 is 57.0 Å². The number of fused-ring (bicyclic) bond motifs is 1. The van der Waals surface area contributed by atoms with Gasteiger partial charge in [-0.15, -0.1) is 0 Å². The molecule has 1 amide bonds. The molecular formula is C19H17NO4S2. The Morgan fingerprint density at radius 2 is 2.00 bits per heavy atom. The van der Waals surface area contributed by atoms with Crippen LogP contribution in [0.25, 0.3) is 16.8 Å². The molecular weight excluding hydrogens is 370 g/mol. The molecule has 0 bridgehead atoms.